The second kappa shape index (κ2) is 141. The maximum Gasteiger partial charge on any atom is 0.203 e. The molecule has 0 aliphatic carbocycles. The zero-order valence-corrected chi connectivity index (χ0v) is 81.2. The molecule has 83 heavy (non-hydrogen) atoms. The smallest absolute Gasteiger partial charge is 0.198 e. The topological polar surface area (TPSA) is 23.8 Å². The van der Waals surface area contributed by atoms with Crippen LogP contribution < -0.4 is 0 Å². The Morgan fingerprint density at radius 3 is 0.193 bits per heavy atom. The lowest BCUT2D eigenvalue weighted by Gasteiger charge is -2.00. The van der Waals surface area contributed by atoms with Gasteiger partial charge >= 0.3 is 0 Å². The first-order chi connectivity index (χ1) is 36.0. The van der Waals surface area contributed by atoms with Crippen molar-refractivity contribution in [3.8, 4) is 6.07 Å². The predicted molar refractivity (Wildman–Crippen MR) is 436 cm³/mol. The highest BCUT2D eigenvalue weighted by molar-refractivity contribution is 6.71. The molecule has 0 aliphatic heterocycles. The zero-order valence-electron chi connectivity index (χ0n) is 35.8. The fourth-order valence-corrected chi connectivity index (χ4v) is 0.269. The first-order valence-electron chi connectivity index (χ1n) is 13.9. The molecule has 0 aromatic rings. The van der Waals surface area contributed by atoms with E-state index < -0.39 is 85.4 Å². The number of nitriles is 1. The average Bonchev–Trinajstić information content (AvgIpc) is 3.03. The highest BCUT2D eigenvalue weighted by Crippen LogP contribution is 2.29. The number of alkyl halides is 60. The van der Waals surface area contributed by atoms with Gasteiger partial charge in [0.05, 0.1) is 12.5 Å². The maximum atomic E-state index is 7.90. The molecule has 1 nitrogen and oxygen atoms in total. The molecule has 0 heterocycles. The first-order valence-corrected chi connectivity index (χ1v) is 39.9. The number of nitrogens with zero attached hydrogens (tertiary/aromatic N) is 1. The molecule has 0 amide bonds. The lowest BCUT2D eigenvalue weighted by atomic mass is 10.5. The summed E-state index contributed by atoms with van der Waals surface area (Å²) in [7, 11) is 0. The molecule has 0 bridgehead atoms. The largest absolute Gasteiger partial charge is 0.203 e. The van der Waals surface area contributed by atoms with Crippen molar-refractivity contribution in [2.75, 3.05) is 0 Å². The van der Waals surface area contributed by atoms with Crippen LogP contribution in [0.3, 0.4) is 0 Å². The van der Waals surface area contributed by atoms with Gasteiger partial charge in [0.2, 0.25) is 3.79 Å². The molecule has 0 spiro atoms. The highest BCUT2D eigenvalue weighted by atomic mass is 35.6. The minimum atomic E-state index is -1.39. The van der Waals surface area contributed by atoms with E-state index in [-0.39, 0.29) is 6.42 Å². The van der Waals surface area contributed by atoms with Crippen molar-refractivity contribution in [1.29, 1.82) is 5.26 Å². The SMILES string of the molecule is ClC(Cl)Cl.ClC(Cl)Cl.ClC(Cl)Cl.ClC(Cl)Cl.ClC(Cl)Cl.ClC(Cl)Cl.ClC(Cl)Cl.ClC(Cl)Cl.ClC(Cl)Cl.ClC(Cl)Cl.ClC(Cl)Cl.ClC(Cl)Cl.ClC(Cl)Cl.ClC(Cl)Cl.ClC(Cl)Cl.ClC(Cl)Cl.ClC(Cl)Cl.ClC(Cl)Cl.ClC(Cl)Cl.N#CCC(Cl)(Cl)Cl. The molecule has 0 N–H and O–H groups in total. The molecular weight excluding hydrogens is 2410 g/mol. The van der Waals surface area contributed by atoms with Crippen LogP contribution in [-0.4, -0.2) is 85.4 Å². The van der Waals surface area contributed by atoms with E-state index in [4.69, 9.17) is 701 Å². The molecule has 0 radical (unpaired) electrons. The van der Waals surface area contributed by atoms with Crippen molar-refractivity contribution < 1.29 is 0 Å². The van der Waals surface area contributed by atoms with E-state index in [0.29, 0.717) is 0 Å². The predicted octanol–water partition coefficient (Wildman–Crippen LogP) is 40.0. The van der Waals surface area contributed by atoms with Crippen molar-refractivity contribution >= 4 is 696 Å². The van der Waals surface area contributed by atoms with Crippen LogP contribution in [0.1, 0.15) is 6.42 Å². The van der Waals surface area contributed by atoms with Gasteiger partial charge in [-0.2, -0.15) is 5.26 Å². The Kier molecular flexibility index (Phi) is 261. The summed E-state index contributed by atoms with van der Waals surface area (Å²) in [5, 5.41) is 7.90. The molecule has 0 fully saturated rings. The Balaban J connectivity index is -0.0000000280. The van der Waals surface area contributed by atoms with Gasteiger partial charge in [0.1, 0.15) is 0 Å². The Labute approximate surface area is 784 Å². The van der Waals surface area contributed by atoms with Gasteiger partial charge in [0, 0.05) is 0 Å². The summed E-state index contributed by atoms with van der Waals surface area (Å²) in [6, 6.07) is 1.71. The summed E-state index contributed by atoms with van der Waals surface area (Å²) >= 11 is 289. The van der Waals surface area contributed by atoms with E-state index in [1.165, 1.54) is 0 Å². The van der Waals surface area contributed by atoms with E-state index >= 15 is 0 Å². The van der Waals surface area contributed by atoms with E-state index in [2.05, 4.69) is 0 Å². The van der Waals surface area contributed by atoms with E-state index in [1.54, 1.807) is 6.07 Å². The third-order valence-corrected chi connectivity index (χ3v) is 0.680. The van der Waals surface area contributed by atoms with Crippen molar-refractivity contribution in [2.24, 2.45) is 0 Å². The number of halogens is 60. The van der Waals surface area contributed by atoms with Crippen LogP contribution in [0.15, 0.2) is 0 Å². The molecule has 534 valence electrons. The monoisotopic (exact) mass is 2400 g/mol. The second-order valence-electron chi connectivity index (χ2n) is 5.65. The summed E-state index contributed by atoms with van der Waals surface area (Å²) in [6.07, 6.45) is -0.0579. The van der Waals surface area contributed by atoms with Gasteiger partial charge in [-0.15, -0.1) is 0 Å². The van der Waals surface area contributed by atoms with E-state index in [1.807, 2.05) is 0 Å². The van der Waals surface area contributed by atoms with Crippen LogP contribution >= 0.6 is 696 Å². The average molecular weight is 2430 g/mol. The van der Waals surface area contributed by atoms with Crippen LogP contribution in [-0.2, 0) is 0 Å². The molecule has 0 saturated heterocycles. The minimum absolute atomic E-state index is 0.0579. The van der Waals surface area contributed by atoms with Crippen LogP contribution in [0.5, 0.6) is 0 Å². The lowest BCUT2D eigenvalue weighted by Crippen LogP contribution is -1.97. The fraction of sp³-hybridized carbons (Fsp3) is 0.955. The van der Waals surface area contributed by atoms with Gasteiger partial charge in [-0.05, 0) is 0 Å². The van der Waals surface area contributed by atoms with Gasteiger partial charge in [-0.25, -0.2) is 0 Å². The van der Waals surface area contributed by atoms with Crippen LogP contribution in [0.25, 0.3) is 0 Å². The lowest BCUT2D eigenvalue weighted by molar-refractivity contribution is 1.08. The molecule has 0 aromatic heterocycles. The van der Waals surface area contributed by atoms with Crippen molar-refractivity contribution in [2.45, 2.75) is 91.8 Å². The molecule has 0 rings (SSSR count). The number of hydrogen-bond donors (Lipinski definition) is 0. The van der Waals surface area contributed by atoms with Gasteiger partial charge in [0.25, 0.3) is 0 Å². The third kappa shape index (κ3) is 2130. The normalized spacial score (nSPS) is 9.13. The van der Waals surface area contributed by atoms with E-state index in [9.17, 15) is 0 Å². The summed E-state index contributed by atoms with van der Waals surface area (Å²) in [5.74, 6) is 0. The molecule has 0 unspecified atom stereocenters. The van der Waals surface area contributed by atoms with Crippen molar-refractivity contribution in [1.82, 2.24) is 0 Å². The quantitative estimate of drug-likeness (QED) is 0.222. The minimum Gasteiger partial charge on any atom is -0.198 e. The van der Waals surface area contributed by atoms with Crippen molar-refractivity contribution in [3.05, 3.63) is 0 Å². The Hall–Kier alpha value is 16.9. The molecule has 0 aromatic carbocycles. The standard InChI is InChI=1S/C3H2Cl3N.19CHCl3/c4-3(5,6)1-2-7;19*2-1(3)4/h1H2;19*1H. The fourth-order valence-electron chi connectivity index (χ4n) is 0.0896. The van der Waals surface area contributed by atoms with Crippen molar-refractivity contribution in [3.63, 3.8) is 0 Å². The Morgan fingerprint density at radius 1 is 0.157 bits per heavy atom. The number of rotatable bonds is 0. The summed E-state index contributed by atoms with van der Waals surface area (Å²) in [5.41, 5.74) is 0. The summed E-state index contributed by atoms with van der Waals surface area (Å²) < 4.78 is -15.6. The zero-order chi connectivity index (χ0) is 73.9. The van der Waals surface area contributed by atoms with Crippen LogP contribution in [0.4, 0.5) is 0 Å². The maximum absolute atomic E-state index is 7.90. The number of hydrogen-bond acceptors (Lipinski definition) is 1. The van der Waals surface area contributed by atoms with E-state index in [0.717, 1.165) is 0 Å². The summed E-state index contributed by atoms with van der Waals surface area (Å²) in [6.45, 7) is 0. The third-order valence-electron chi connectivity index (χ3n) is 0.280. The van der Waals surface area contributed by atoms with Gasteiger partial charge in [-0.3, -0.25) is 0 Å². The van der Waals surface area contributed by atoms with Crippen LogP contribution in [0.2, 0.25) is 0 Å². The molecule has 0 saturated carbocycles. The molecule has 61 heteroatoms. The Bertz CT molecular complexity index is 583. The molecule has 0 aliphatic rings. The van der Waals surface area contributed by atoms with Gasteiger partial charge in [0.15, 0.2) is 81.6 Å². The summed E-state index contributed by atoms with van der Waals surface area (Å²) in [4.78, 5) is 0. The van der Waals surface area contributed by atoms with Gasteiger partial charge in [-0.1, -0.05) is 696 Å². The van der Waals surface area contributed by atoms with Gasteiger partial charge < -0.3 is 0 Å². The second-order valence-corrected chi connectivity index (χ2v) is 45.8. The molecule has 0 atom stereocenters. The Morgan fingerprint density at radius 2 is 0.193 bits per heavy atom. The molecular formula is C22H21Cl60N. The van der Waals surface area contributed by atoms with Crippen LogP contribution in [0, 0.1) is 11.3 Å². The first kappa shape index (κ1) is 153. The highest BCUT2D eigenvalue weighted by Gasteiger charge is 2.17.